The van der Waals surface area contributed by atoms with Crippen molar-refractivity contribution >= 4 is 17.8 Å². The highest BCUT2D eigenvalue weighted by Gasteiger charge is 2.27. The lowest BCUT2D eigenvalue weighted by Gasteiger charge is -2.20. The molecule has 0 amide bonds. The van der Waals surface area contributed by atoms with Crippen LogP contribution in [0.25, 0.3) is 0 Å². The third kappa shape index (κ3) is 5.70. The van der Waals surface area contributed by atoms with Crippen LogP contribution < -0.4 is 10.6 Å². The molecule has 0 fully saturated rings. The Labute approximate surface area is 152 Å². The Morgan fingerprint density at radius 3 is 2.00 bits per heavy atom. The minimum atomic E-state index is -2.75. The van der Waals surface area contributed by atoms with Gasteiger partial charge in [0.25, 0.3) is 0 Å². The monoisotopic (exact) mass is 356 g/mol. The molecule has 0 radical (unpaired) electrons. The summed E-state index contributed by atoms with van der Waals surface area (Å²) < 4.78 is 13.9. The number of unbranched alkanes of at least 4 members (excludes halogenated alkanes) is 2. The maximum absolute atomic E-state index is 13.9. The van der Waals surface area contributed by atoms with Gasteiger partial charge in [0.1, 0.15) is 7.14 Å². The van der Waals surface area contributed by atoms with Crippen LogP contribution in [-0.2, 0) is 4.57 Å². The van der Waals surface area contributed by atoms with Gasteiger partial charge in [0.15, 0.2) is 0 Å². The SMILES string of the molecule is CCCCCC(O)/C=C(\C)CP(=O)(c1ccccc1)c1ccccc1. The van der Waals surface area contributed by atoms with Crippen LogP contribution in [0.4, 0.5) is 0 Å². The van der Waals surface area contributed by atoms with Crippen molar-refractivity contribution in [1.82, 2.24) is 0 Å². The lowest BCUT2D eigenvalue weighted by Crippen LogP contribution is -2.19. The molecule has 0 saturated carbocycles. The first-order valence-corrected chi connectivity index (χ1v) is 11.0. The van der Waals surface area contributed by atoms with Crippen LogP contribution >= 0.6 is 7.14 Å². The molecule has 2 nitrogen and oxygen atoms in total. The summed E-state index contributed by atoms with van der Waals surface area (Å²) >= 11 is 0. The number of aliphatic hydroxyl groups is 1. The summed E-state index contributed by atoms with van der Waals surface area (Å²) in [5.74, 6) is 0. The molecule has 2 aromatic carbocycles. The molecule has 0 bridgehead atoms. The molecule has 2 aromatic rings. The predicted molar refractivity (Wildman–Crippen MR) is 109 cm³/mol. The van der Waals surface area contributed by atoms with E-state index in [-0.39, 0.29) is 0 Å². The van der Waals surface area contributed by atoms with Crippen molar-refractivity contribution < 1.29 is 9.67 Å². The first-order chi connectivity index (χ1) is 12.1. The molecule has 1 N–H and O–H groups in total. The first-order valence-electron chi connectivity index (χ1n) is 9.12. The number of aliphatic hydroxyl groups excluding tert-OH is 1. The molecule has 25 heavy (non-hydrogen) atoms. The maximum atomic E-state index is 13.9. The standard InChI is InChI=1S/C22H29O2P/c1-3-4-7-12-20(23)17-19(2)18-25(24,21-13-8-5-9-14-21)22-15-10-6-11-16-22/h5-6,8-11,13-17,20,23H,3-4,7,12,18H2,1-2H3/b19-17+. The van der Waals surface area contributed by atoms with Crippen molar-refractivity contribution in [1.29, 1.82) is 0 Å². The summed E-state index contributed by atoms with van der Waals surface area (Å²) in [5, 5.41) is 12.0. The molecule has 3 heteroatoms. The summed E-state index contributed by atoms with van der Waals surface area (Å²) in [6.45, 7) is 4.13. The van der Waals surface area contributed by atoms with E-state index in [4.69, 9.17) is 0 Å². The molecular weight excluding hydrogens is 327 g/mol. The number of allylic oxidation sites excluding steroid dienone is 1. The van der Waals surface area contributed by atoms with E-state index in [2.05, 4.69) is 6.92 Å². The quantitative estimate of drug-likeness (QED) is 0.395. The first kappa shape index (κ1) is 19.7. The molecular formula is C22H29O2P. The number of hydrogen-bond donors (Lipinski definition) is 1. The van der Waals surface area contributed by atoms with Crippen LogP contribution in [0.1, 0.15) is 39.5 Å². The molecule has 0 aromatic heterocycles. The van der Waals surface area contributed by atoms with E-state index in [1.54, 1.807) is 0 Å². The predicted octanol–water partition coefficient (Wildman–Crippen LogP) is 4.89. The van der Waals surface area contributed by atoms with Crippen LogP contribution in [0.15, 0.2) is 72.3 Å². The fourth-order valence-electron chi connectivity index (χ4n) is 3.09. The smallest absolute Gasteiger partial charge is 0.147 e. The topological polar surface area (TPSA) is 37.3 Å². The van der Waals surface area contributed by atoms with Crippen molar-refractivity contribution in [2.45, 2.75) is 45.6 Å². The Kier molecular flexibility index (Phi) is 7.68. The number of rotatable bonds is 9. The van der Waals surface area contributed by atoms with Crippen LogP contribution in [0.3, 0.4) is 0 Å². The van der Waals surface area contributed by atoms with Crippen LogP contribution in [0.5, 0.6) is 0 Å². The summed E-state index contributed by atoms with van der Waals surface area (Å²) in [5.41, 5.74) is 0.986. The largest absolute Gasteiger partial charge is 0.389 e. The van der Waals surface area contributed by atoms with E-state index in [9.17, 15) is 9.67 Å². The molecule has 2 rings (SSSR count). The normalized spacial score (nSPS) is 13.6. The molecule has 0 heterocycles. The summed E-state index contributed by atoms with van der Waals surface area (Å²) in [6.07, 6.45) is 5.97. The lowest BCUT2D eigenvalue weighted by molar-refractivity contribution is 0.207. The van der Waals surface area contributed by atoms with Gasteiger partial charge in [-0.05, 0) is 13.3 Å². The van der Waals surface area contributed by atoms with E-state index in [0.717, 1.165) is 41.9 Å². The molecule has 0 aliphatic heterocycles. The van der Waals surface area contributed by atoms with Gasteiger partial charge in [-0.25, -0.2) is 0 Å². The average Bonchev–Trinajstić information content (AvgIpc) is 2.63. The number of benzene rings is 2. The molecule has 1 atom stereocenters. The Morgan fingerprint density at radius 2 is 1.52 bits per heavy atom. The van der Waals surface area contributed by atoms with Gasteiger partial charge in [0.2, 0.25) is 0 Å². The van der Waals surface area contributed by atoms with Crippen molar-refractivity contribution in [3.8, 4) is 0 Å². The van der Waals surface area contributed by atoms with Crippen molar-refractivity contribution in [2.75, 3.05) is 6.16 Å². The van der Waals surface area contributed by atoms with Crippen molar-refractivity contribution in [3.63, 3.8) is 0 Å². The lowest BCUT2D eigenvalue weighted by atomic mass is 10.1. The van der Waals surface area contributed by atoms with Gasteiger partial charge in [-0.15, -0.1) is 0 Å². The zero-order chi connectivity index (χ0) is 18.1. The molecule has 0 aliphatic carbocycles. The highest BCUT2D eigenvalue weighted by atomic mass is 31.2. The maximum Gasteiger partial charge on any atom is 0.147 e. The Morgan fingerprint density at radius 1 is 1.00 bits per heavy atom. The zero-order valence-corrected chi connectivity index (χ0v) is 16.2. The molecule has 0 aliphatic rings. The third-order valence-electron chi connectivity index (χ3n) is 4.40. The highest BCUT2D eigenvalue weighted by Crippen LogP contribution is 2.45. The van der Waals surface area contributed by atoms with Gasteiger partial charge in [0, 0.05) is 16.8 Å². The Hall–Kier alpha value is -1.63. The van der Waals surface area contributed by atoms with Crippen LogP contribution in [0.2, 0.25) is 0 Å². The van der Waals surface area contributed by atoms with Gasteiger partial charge >= 0.3 is 0 Å². The minimum Gasteiger partial charge on any atom is -0.389 e. The molecule has 0 spiro atoms. The van der Waals surface area contributed by atoms with Gasteiger partial charge in [-0.2, -0.15) is 0 Å². The van der Waals surface area contributed by atoms with Gasteiger partial charge in [0.05, 0.1) is 6.10 Å². The van der Waals surface area contributed by atoms with E-state index in [0.29, 0.717) is 6.16 Å². The zero-order valence-electron chi connectivity index (χ0n) is 15.3. The fraction of sp³-hybridized carbons (Fsp3) is 0.364. The van der Waals surface area contributed by atoms with Crippen LogP contribution in [0, 0.1) is 0 Å². The summed E-state index contributed by atoms with van der Waals surface area (Å²) in [4.78, 5) is 0. The van der Waals surface area contributed by atoms with E-state index in [1.165, 1.54) is 0 Å². The Bertz CT molecular complexity index is 664. The van der Waals surface area contributed by atoms with Crippen LogP contribution in [-0.4, -0.2) is 17.4 Å². The van der Waals surface area contributed by atoms with E-state index in [1.807, 2.05) is 73.7 Å². The van der Waals surface area contributed by atoms with Crippen molar-refractivity contribution in [2.24, 2.45) is 0 Å². The second kappa shape index (κ2) is 9.75. The summed E-state index contributed by atoms with van der Waals surface area (Å²) in [6, 6.07) is 19.4. The van der Waals surface area contributed by atoms with Crippen molar-refractivity contribution in [3.05, 3.63) is 72.3 Å². The van der Waals surface area contributed by atoms with Gasteiger partial charge < -0.3 is 9.67 Å². The second-order valence-electron chi connectivity index (χ2n) is 6.65. The minimum absolute atomic E-state index is 0.452. The van der Waals surface area contributed by atoms with Gasteiger partial charge in [-0.1, -0.05) is 98.5 Å². The van der Waals surface area contributed by atoms with E-state index < -0.39 is 13.2 Å². The molecule has 134 valence electrons. The van der Waals surface area contributed by atoms with Gasteiger partial charge in [-0.3, -0.25) is 0 Å². The summed E-state index contributed by atoms with van der Waals surface area (Å²) in [7, 11) is -2.75. The number of hydrogen-bond acceptors (Lipinski definition) is 2. The average molecular weight is 356 g/mol. The second-order valence-corrected chi connectivity index (χ2v) is 9.47. The third-order valence-corrected chi connectivity index (χ3v) is 7.61. The Balaban J connectivity index is 2.24. The molecule has 1 unspecified atom stereocenters. The highest BCUT2D eigenvalue weighted by molar-refractivity contribution is 7.78. The fourth-order valence-corrected chi connectivity index (χ4v) is 5.87. The van der Waals surface area contributed by atoms with E-state index >= 15 is 0 Å². The molecule has 0 saturated heterocycles.